The molecule has 0 saturated carbocycles. The molecule has 1 heterocycles. The van der Waals surface area contributed by atoms with Crippen LogP contribution in [0.1, 0.15) is 18.9 Å². The fourth-order valence-corrected chi connectivity index (χ4v) is 4.48. The van der Waals surface area contributed by atoms with Crippen LogP contribution >= 0.6 is 0 Å². The number of halogens is 1. The zero-order valence-corrected chi connectivity index (χ0v) is 14.7. The number of rotatable bonds is 6. The molecule has 1 atom stereocenters. The maximum Gasteiger partial charge on any atom is 0.247 e. The summed E-state index contributed by atoms with van der Waals surface area (Å²) in [6.45, 7) is 2.44. The van der Waals surface area contributed by atoms with Crippen molar-refractivity contribution in [3.05, 3.63) is 41.7 Å². The van der Waals surface area contributed by atoms with E-state index in [1.165, 1.54) is 25.3 Å². The van der Waals surface area contributed by atoms with Gasteiger partial charge in [-0.2, -0.15) is 0 Å². The van der Waals surface area contributed by atoms with Gasteiger partial charge in [-0.3, -0.25) is 4.79 Å². The van der Waals surface area contributed by atoms with E-state index < -0.39 is 9.84 Å². The Bertz CT molecular complexity index is 713. The molecule has 1 saturated heterocycles. The van der Waals surface area contributed by atoms with Gasteiger partial charge >= 0.3 is 0 Å². The zero-order chi connectivity index (χ0) is 17.7. The quantitative estimate of drug-likeness (QED) is 0.731. The van der Waals surface area contributed by atoms with Crippen molar-refractivity contribution >= 4 is 21.3 Å². The lowest BCUT2D eigenvalue weighted by Crippen LogP contribution is -2.42. The Kier molecular flexibility index (Phi) is 6.12. The molecule has 5 nitrogen and oxygen atoms in total. The van der Waals surface area contributed by atoms with Gasteiger partial charge in [0.25, 0.3) is 0 Å². The molecule has 2 rings (SSSR count). The van der Waals surface area contributed by atoms with Crippen LogP contribution in [0.15, 0.2) is 30.3 Å². The lowest BCUT2D eigenvalue weighted by Gasteiger charge is -2.27. The van der Waals surface area contributed by atoms with E-state index in [2.05, 4.69) is 0 Å². The number of hydrogen-bond acceptors (Lipinski definition) is 4. The zero-order valence-electron chi connectivity index (χ0n) is 13.9. The predicted molar refractivity (Wildman–Crippen MR) is 90.7 cm³/mol. The van der Waals surface area contributed by atoms with Gasteiger partial charge in [0, 0.05) is 25.8 Å². The number of amides is 1. The SMILES string of the molecule is COCCN(C(=O)/C=C(/C)c1ccc(F)cc1)C1CCS(=O)(=O)C1. The van der Waals surface area contributed by atoms with E-state index in [4.69, 9.17) is 4.74 Å². The monoisotopic (exact) mass is 355 g/mol. The molecule has 1 aromatic rings. The molecule has 0 N–H and O–H groups in total. The van der Waals surface area contributed by atoms with Crippen molar-refractivity contribution in [2.45, 2.75) is 19.4 Å². The average molecular weight is 355 g/mol. The van der Waals surface area contributed by atoms with Gasteiger partial charge in [0.05, 0.1) is 18.1 Å². The van der Waals surface area contributed by atoms with Crippen LogP contribution in [0, 0.1) is 5.82 Å². The number of sulfone groups is 1. The first-order chi connectivity index (χ1) is 11.3. The summed E-state index contributed by atoms with van der Waals surface area (Å²) in [6, 6.07) is 5.56. The van der Waals surface area contributed by atoms with Crippen LogP contribution in [0.5, 0.6) is 0 Å². The number of hydrogen-bond donors (Lipinski definition) is 0. The molecule has 1 fully saturated rings. The normalized spacial score (nSPS) is 20.1. The Morgan fingerprint density at radius 2 is 2.04 bits per heavy atom. The second-order valence-electron chi connectivity index (χ2n) is 5.92. The average Bonchev–Trinajstić information content (AvgIpc) is 2.88. The smallest absolute Gasteiger partial charge is 0.247 e. The Hall–Kier alpha value is -1.73. The molecule has 24 heavy (non-hydrogen) atoms. The summed E-state index contributed by atoms with van der Waals surface area (Å²) < 4.78 is 41.4. The largest absolute Gasteiger partial charge is 0.383 e. The fourth-order valence-electron chi connectivity index (χ4n) is 2.75. The lowest BCUT2D eigenvalue weighted by atomic mass is 10.1. The highest BCUT2D eigenvalue weighted by Crippen LogP contribution is 2.20. The minimum absolute atomic E-state index is 0.00805. The molecule has 0 aliphatic carbocycles. The molecular weight excluding hydrogens is 333 g/mol. The minimum Gasteiger partial charge on any atom is -0.383 e. The second-order valence-corrected chi connectivity index (χ2v) is 8.14. The maximum atomic E-state index is 13.0. The highest BCUT2D eigenvalue weighted by Gasteiger charge is 2.33. The molecule has 132 valence electrons. The molecule has 0 radical (unpaired) electrons. The number of carbonyl (C=O) groups is 1. The van der Waals surface area contributed by atoms with Crippen LogP contribution in [0.4, 0.5) is 4.39 Å². The van der Waals surface area contributed by atoms with Crippen LogP contribution in [0.2, 0.25) is 0 Å². The number of ether oxygens (including phenoxy) is 1. The molecule has 1 aliphatic heterocycles. The minimum atomic E-state index is -3.08. The van der Waals surface area contributed by atoms with Gasteiger partial charge in [-0.25, -0.2) is 12.8 Å². The topological polar surface area (TPSA) is 63.7 Å². The van der Waals surface area contributed by atoms with Crippen molar-refractivity contribution in [3.8, 4) is 0 Å². The molecule has 7 heteroatoms. The maximum absolute atomic E-state index is 13.0. The molecule has 0 bridgehead atoms. The van der Waals surface area contributed by atoms with Crippen molar-refractivity contribution in [2.24, 2.45) is 0 Å². The number of benzene rings is 1. The molecule has 1 aliphatic rings. The summed E-state index contributed by atoms with van der Waals surface area (Å²) in [4.78, 5) is 14.2. The number of methoxy groups -OCH3 is 1. The molecular formula is C17H22FNO4S. The van der Waals surface area contributed by atoms with E-state index in [9.17, 15) is 17.6 Å². The first kappa shape index (κ1) is 18.6. The fraction of sp³-hybridized carbons (Fsp3) is 0.471. The molecule has 0 spiro atoms. The van der Waals surface area contributed by atoms with E-state index >= 15 is 0 Å². The predicted octanol–water partition coefficient (Wildman–Crippen LogP) is 1.89. The summed E-state index contributed by atoms with van der Waals surface area (Å²) in [5.41, 5.74) is 1.44. The van der Waals surface area contributed by atoms with Crippen molar-refractivity contribution in [2.75, 3.05) is 31.8 Å². The van der Waals surface area contributed by atoms with Crippen LogP contribution < -0.4 is 0 Å². The molecule has 1 amide bonds. The third kappa shape index (κ3) is 4.88. The summed E-state index contributed by atoms with van der Waals surface area (Å²) in [7, 11) is -1.55. The van der Waals surface area contributed by atoms with E-state index in [-0.39, 0.29) is 29.3 Å². The second kappa shape index (κ2) is 7.90. The summed E-state index contributed by atoms with van der Waals surface area (Å²) in [6.07, 6.45) is 1.91. The Balaban J connectivity index is 2.17. The van der Waals surface area contributed by atoms with Crippen molar-refractivity contribution in [3.63, 3.8) is 0 Å². The first-order valence-electron chi connectivity index (χ1n) is 7.76. The van der Waals surface area contributed by atoms with E-state index in [0.717, 1.165) is 5.56 Å². The van der Waals surface area contributed by atoms with Crippen molar-refractivity contribution in [1.82, 2.24) is 4.90 Å². The van der Waals surface area contributed by atoms with Crippen LogP contribution in [0.3, 0.4) is 0 Å². The summed E-state index contributed by atoms with van der Waals surface area (Å²) >= 11 is 0. The van der Waals surface area contributed by atoms with Gasteiger partial charge in [0.15, 0.2) is 9.84 Å². The lowest BCUT2D eigenvalue weighted by molar-refractivity contribution is -0.128. The van der Waals surface area contributed by atoms with E-state index in [1.54, 1.807) is 24.0 Å². The van der Waals surface area contributed by atoms with Gasteiger partial charge < -0.3 is 9.64 Å². The highest BCUT2D eigenvalue weighted by molar-refractivity contribution is 7.91. The van der Waals surface area contributed by atoms with Gasteiger partial charge in [0.1, 0.15) is 5.82 Å². The molecule has 1 unspecified atom stereocenters. The third-order valence-corrected chi connectivity index (χ3v) is 5.86. The standard InChI is InChI=1S/C17H22FNO4S/c1-13(14-3-5-15(18)6-4-14)11-17(20)19(8-9-23-2)16-7-10-24(21,22)12-16/h3-6,11,16H,7-10,12H2,1-2H3/b13-11-. The summed E-state index contributed by atoms with van der Waals surface area (Å²) in [5, 5.41) is 0. The highest BCUT2D eigenvalue weighted by atomic mass is 32.2. The van der Waals surface area contributed by atoms with Crippen molar-refractivity contribution < 1.29 is 22.3 Å². The Morgan fingerprint density at radius 1 is 1.38 bits per heavy atom. The van der Waals surface area contributed by atoms with Crippen molar-refractivity contribution in [1.29, 1.82) is 0 Å². The first-order valence-corrected chi connectivity index (χ1v) is 9.59. The van der Waals surface area contributed by atoms with Crippen LogP contribution in [0.25, 0.3) is 5.57 Å². The molecule has 0 aromatic heterocycles. The number of allylic oxidation sites excluding steroid dienone is 1. The van der Waals surface area contributed by atoms with Gasteiger partial charge in [-0.15, -0.1) is 0 Å². The number of nitrogens with zero attached hydrogens (tertiary/aromatic N) is 1. The van der Waals surface area contributed by atoms with Crippen LogP contribution in [-0.4, -0.2) is 57.0 Å². The Morgan fingerprint density at radius 3 is 2.58 bits per heavy atom. The Labute approximate surface area is 142 Å². The van der Waals surface area contributed by atoms with Gasteiger partial charge in [-0.05, 0) is 36.6 Å². The number of carbonyl (C=O) groups excluding carboxylic acids is 1. The van der Waals surface area contributed by atoms with E-state index in [1.807, 2.05) is 0 Å². The van der Waals surface area contributed by atoms with E-state index in [0.29, 0.717) is 25.1 Å². The molecule has 1 aromatic carbocycles. The summed E-state index contributed by atoms with van der Waals surface area (Å²) in [5.74, 6) is -0.493. The van der Waals surface area contributed by atoms with Crippen LogP contribution in [-0.2, 0) is 19.4 Å². The third-order valence-electron chi connectivity index (χ3n) is 4.11. The van der Waals surface area contributed by atoms with Gasteiger partial charge in [-0.1, -0.05) is 12.1 Å². The van der Waals surface area contributed by atoms with Gasteiger partial charge in [0.2, 0.25) is 5.91 Å².